The van der Waals surface area contributed by atoms with Gasteiger partial charge in [-0.25, -0.2) is 4.98 Å². The van der Waals surface area contributed by atoms with E-state index in [1.807, 2.05) is 42.2 Å². The number of para-hydroxylation sites is 1. The van der Waals surface area contributed by atoms with Gasteiger partial charge in [0.25, 0.3) is 0 Å². The Labute approximate surface area is 115 Å². The van der Waals surface area contributed by atoms with Crippen molar-refractivity contribution in [1.82, 2.24) is 9.36 Å². The van der Waals surface area contributed by atoms with Gasteiger partial charge in [0, 0.05) is 30.2 Å². The first-order valence-electron chi connectivity index (χ1n) is 6.14. The molecule has 1 fully saturated rings. The lowest BCUT2D eigenvalue weighted by atomic mass is 10.3. The molecule has 2 heterocycles. The minimum Gasteiger partial charge on any atom is -0.355 e. The van der Waals surface area contributed by atoms with Crippen molar-refractivity contribution >= 4 is 28.3 Å². The topological polar surface area (TPSA) is 58.1 Å². The molecule has 1 aliphatic heterocycles. The summed E-state index contributed by atoms with van der Waals surface area (Å²) in [6.07, 6.45) is 0.494. The highest BCUT2D eigenvalue weighted by Gasteiger charge is 2.30. The molecule has 2 aromatic rings. The highest BCUT2D eigenvalue weighted by molar-refractivity contribution is 7.09. The van der Waals surface area contributed by atoms with Gasteiger partial charge in [-0.2, -0.15) is 4.37 Å². The van der Waals surface area contributed by atoms with Crippen LogP contribution < -0.4 is 10.2 Å². The summed E-state index contributed by atoms with van der Waals surface area (Å²) >= 11 is 1.33. The number of anilines is 2. The average molecular weight is 274 g/mol. The Kier molecular flexibility index (Phi) is 3.16. The summed E-state index contributed by atoms with van der Waals surface area (Å²) in [5, 5.41) is 4.06. The molecule has 1 aromatic carbocycles. The Morgan fingerprint density at radius 3 is 2.84 bits per heavy atom. The SMILES string of the molecule is Cc1nsc(N[C@H]2CC(=O)N(c3ccccc3)C2)n1. The summed E-state index contributed by atoms with van der Waals surface area (Å²) in [4.78, 5) is 18.1. The summed E-state index contributed by atoms with van der Waals surface area (Å²) < 4.78 is 4.12. The zero-order chi connectivity index (χ0) is 13.2. The van der Waals surface area contributed by atoms with Crippen molar-refractivity contribution in [2.75, 3.05) is 16.8 Å². The number of aryl methyl sites for hydroxylation is 1. The second kappa shape index (κ2) is 4.97. The van der Waals surface area contributed by atoms with Crippen molar-refractivity contribution in [1.29, 1.82) is 0 Å². The minimum atomic E-state index is 0.0973. The number of carbonyl (C=O) groups excluding carboxylic acids is 1. The zero-order valence-corrected chi connectivity index (χ0v) is 11.4. The number of nitrogens with one attached hydrogen (secondary N) is 1. The van der Waals surface area contributed by atoms with Gasteiger partial charge in [-0.1, -0.05) is 18.2 Å². The predicted octanol–water partition coefficient (Wildman–Crippen LogP) is 2.06. The first-order chi connectivity index (χ1) is 9.22. The second-order valence-corrected chi connectivity index (χ2v) is 5.28. The van der Waals surface area contributed by atoms with Gasteiger partial charge in [-0.15, -0.1) is 0 Å². The number of hydrogen-bond donors (Lipinski definition) is 1. The third-order valence-electron chi connectivity index (χ3n) is 3.05. The largest absolute Gasteiger partial charge is 0.355 e. The van der Waals surface area contributed by atoms with E-state index in [0.717, 1.165) is 16.6 Å². The van der Waals surface area contributed by atoms with E-state index >= 15 is 0 Å². The van der Waals surface area contributed by atoms with Crippen LogP contribution in [0.5, 0.6) is 0 Å². The standard InChI is InChI=1S/C13H14N4OS/c1-9-14-13(19-16-9)15-10-7-12(18)17(8-10)11-5-3-2-4-6-11/h2-6,10H,7-8H2,1H3,(H,14,15,16)/t10-/m0/s1. The zero-order valence-electron chi connectivity index (χ0n) is 10.5. The first-order valence-corrected chi connectivity index (χ1v) is 6.92. The molecule has 0 unspecified atom stereocenters. The average Bonchev–Trinajstić information content (AvgIpc) is 2.97. The summed E-state index contributed by atoms with van der Waals surface area (Å²) in [6, 6.07) is 9.84. The number of aromatic nitrogens is 2. The third-order valence-corrected chi connectivity index (χ3v) is 3.79. The van der Waals surface area contributed by atoms with E-state index in [1.165, 1.54) is 11.5 Å². The molecule has 1 atom stereocenters. The first kappa shape index (κ1) is 12.1. The molecule has 19 heavy (non-hydrogen) atoms. The maximum atomic E-state index is 12.0. The van der Waals surface area contributed by atoms with Crippen LogP contribution in [0.4, 0.5) is 10.8 Å². The second-order valence-electron chi connectivity index (χ2n) is 4.53. The molecule has 0 spiro atoms. The number of rotatable bonds is 3. The van der Waals surface area contributed by atoms with Crippen molar-refractivity contribution in [2.45, 2.75) is 19.4 Å². The third kappa shape index (κ3) is 2.58. The fourth-order valence-electron chi connectivity index (χ4n) is 2.19. The number of amides is 1. The monoisotopic (exact) mass is 274 g/mol. The highest BCUT2D eigenvalue weighted by Crippen LogP contribution is 2.23. The lowest BCUT2D eigenvalue weighted by Crippen LogP contribution is -2.27. The van der Waals surface area contributed by atoms with Crippen LogP contribution in [0.3, 0.4) is 0 Å². The van der Waals surface area contributed by atoms with Crippen LogP contribution in [0.25, 0.3) is 0 Å². The van der Waals surface area contributed by atoms with E-state index in [4.69, 9.17) is 0 Å². The molecule has 0 radical (unpaired) electrons. The molecule has 6 heteroatoms. The quantitative estimate of drug-likeness (QED) is 0.931. The molecule has 0 aliphatic carbocycles. The maximum absolute atomic E-state index is 12.0. The van der Waals surface area contributed by atoms with E-state index in [2.05, 4.69) is 14.7 Å². The molecule has 1 saturated heterocycles. The summed E-state index contributed by atoms with van der Waals surface area (Å²) in [7, 11) is 0. The van der Waals surface area contributed by atoms with Gasteiger partial charge in [0.05, 0.1) is 6.04 Å². The molecule has 0 saturated carbocycles. The molecule has 98 valence electrons. The van der Waals surface area contributed by atoms with Crippen molar-refractivity contribution in [3.63, 3.8) is 0 Å². The van der Waals surface area contributed by atoms with Crippen LogP contribution in [0.1, 0.15) is 12.2 Å². The van der Waals surface area contributed by atoms with Gasteiger partial charge in [-0.3, -0.25) is 4.79 Å². The normalized spacial score (nSPS) is 18.9. The van der Waals surface area contributed by atoms with Crippen molar-refractivity contribution in [3.8, 4) is 0 Å². The summed E-state index contributed by atoms with van der Waals surface area (Å²) in [5.41, 5.74) is 0.949. The Morgan fingerprint density at radius 2 is 2.16 bits per heavy atom. The molecule has 5 nitrogen and oxygen atoms in total. The maximum Gasteiger partial charge on any atom is 0.229 e. The molecule has 3 rings (SSSR count). The van der Waals surface area contributed by atoms with Crippen molar-refractivity contribution in [3.05, 3.63) is 36.2 Å². The summed E-state index contributed by atoms with van der Waals surface area (Å²) in [5.74, 6) is 0.904. The predicted molar refractivity (Wildman–Crippen MR) is 75.5 cm³/mol. The van der Waals surface area contributed by atoms with Gasteiger partial charge in [0.1, 0.15) is 5.82 Å². The van der Waals surface area contributed by atoms with Crippen LogP contribution in [0.2, 0.25) is 0 Å². The van der Waals surface area contributed by atoms with Crippen molar-refractivity contribution in [2.24, 2.45) is 0 Å². The van der Waals surface area contributed by atoms with Crippen LogP contribution in [0.15, 0.2) is 30.3 Å². The molecule has 1 aliphatic rings. The van der Waals surface area contributed by atoms with E-state index in [0.29, 0.717) is 13.0 Å². The van der Waals surface area contributed by atoms with Gasteiger partial charge in [0.2, 0.25) is 11.0 Å². The fraction of sp³-hybridized carbons (Fsp3) is 0.308. The van der Waals surface area contributed by atoms with Crippen LogP contribution in [-0.4, -0.2) is 27.9 Å². The smallest absolute Gasteiger partial charge is 0.229 e. The Balaban J connectivity index is 1.70. The Bertz CT molecular complexity index is 583. The lowest BCUT2D eigenvalue weighted by Gasteiger charge is -2.16. The van der Waals surface area contributed by atoms with Crippen molar-refractivity contribution < 1.29 is 4.79 Å². The van der Waals surface area contributed by atoms with Gasteiger partial charge in [0.15, 0.2) is 0 Å². The lowest BCUT2D eigenvalue weighted by molar-refractivity contribution is -0.117. The molecule has 1 amide bonds. The van der Waals surface area contributed by atoms with Crippen LogP contribution in [0, 0.1) is 6.92 Å². The van der Waals surface area contributed by atoms with E-state index in [9.17, 15) is 4.79 Å². The van der Waals surface area contributed by atoms with Gasteiger partial charge >= 0.3 is 0 Å². The highest BCUT2D eigenvalue weighted by atomic mass is 32.1. The van der Waals surface area contributed by atoms with Crippen LogP contribution in [-0.2, 0) is 4.79 Å². The molecule has 0 bridgehead atoms. The van der Waals surface area contributed by atoms with Gasteiger partial charge in [-0.05, 0) is 19.1 Å². The number of carbonyl (C=O) groups is 1. The number of hydrogen-bond acceptors (Lipinski definition) is 5. The fourth-order valence-corrected chi connectivity index (χ4v) is 2.84. The molecular formula is C13H14N4OS. The molecule has 1 aromatic heterocycles. The van der Waals surface area contributed by atoms with Crippen LogP contribution >= 0.6 is 11.5 Å². The number of nitrogens with zero attached hydrogens (tertiary/aromatic N) is 3. The van der Waals surface area contributed by atoms with Gasteiger partial charge < -0.3 is 10.2 Å². The Morgan fingerprint density at radius 1 is 1.37 bits per heavy atom. The van der Waals surface area contributed by atoms with E-state index in [-0.39, 0.29) is 11.9 Å². The number of benzene rings is 1. The van der Waals surface area contributed by atoms with E-state index in [1.54, 1.807) is 0 Å². The van der Waals surface area contributed by atoms with E-state index < -0.39 is 0 Å². The molecular weight excluding hydrogens is 260 g/mol. The molecule has 1 N–H and O–H groups in total. The minimum absolute atomic E-state index is 0.0973. The summed E-state index contributed by atoms with van der Waals surface area (Å²) in [6.45, 7) is 2.53. The Hall–Kier alpha value is -1.95.